The Hall–Kier alpha value is -3.79. The van der Waals surface area contributed by atoms with Crippen LogP contribution in [-0.4, -0.2) is 82.3 Å². The Kier molecular flexibility index (Phi) is 57.4. The molecule has 0 amide bonds. The summed E-state index contributed by atoms with van der Waals surface area (Å²) in [6, 6.07) is 0. The van der Waals surface area contributed by atoms with Crippen molar-refractivity contribution in [3.05, 3.63) is 97.2 Å². The highest BCUT2D eigenvalue weighted by molar-refractivity contribution is 5.70. The minimum Gasteiger partial charge on any atom is -0.545 e. The lowest BCUT2D eigenvalue weighted by atomic mass is 10.0. The van der Waals surface area contributed by atoms with E-state index < -0.39 is 24.3 Å². The molecule has 9 heteroatoms. The van der Waals surface area contributed by atoms with Gasteiger partial charge in [-0.05, 0) is 96.3 Å². The van der Waals surface area contributed by atoms with Crippen LogP contribution in [0.5, 0.6) is 0 Å². The SMILES string of the molecule is CC/C=C\C/C=C\C/C=C\C/C=C\C/C=C\CCCCCCCCCCCCCCCC(=O)OC(COC(=O)CCCCCCCCCCCC/C=C\C/C=C\C/C=C\CCCCCCC)COC(OCC[N+](C)(C)C)C(=O)[O-]. The molecule has 79 heavy (non-hydrogen) atoms. The van der Waals surface area contributed by atoms with E-state index in [4.69, 9.17) is 18.9 Å². The molecule has 454 valence electrons. The van der Waals surface area contributed by atoms with E-state index in [1.807, 2.05) is 21.1 Å². The number of carboxylic acid groups (broad SMARTS) is 1. The van der Waals surface area contributed by atoms with E-state index >= 15 is 0 Å². The molecule has 0 bridgehead atoms. The molecule has 0 saturated heterocycles. The third kappa shape index (κ3) is 61.7. The number of hydrogen-bond donors (Lipinski definition) is 0. The average Bonchev–Trinajstić information content (AvgIpc) is 3.42. The Labute approximate surface area is 486 Å². The Balaban J connectivity index is 4.19. The maximum Gasteiger partial charge on any atom is 0.306 e. The number of rotatable bonds is 59. The second-order valence-electron chi connectivity index (χ2n) is 22.7. The lowest BCUT2D eigenvalue weighted by Gasteiger charge is -2.26. The number of esters is 2. The second-order valence-corrected chi connectivity index (χ2v) is 22.7. The molecule has 0 aromatic heterocycles. The maximum absolute atomic E-state index is 12.9. The Bertz CT molecular complexity index is 1620. The molecule has 0 rings (SSSR count). The van der Waals surface area contributed by atoms with Crippen LogP contribution in [0.1, 0.15) is 271 Å². The van der Waals surface area contributed by atoms with Gasteiger partial charge < -0.3 is 33.3 Å². The van der Waals surface area contributed by atoms with Crippen LogP contribution in [0.2, 0.25) is 0 Å². The van der Waals surface area contributed by atoms with E-state index in [-0.39, 0.29) is 38.6 Å². The number of aliphatic carboxylic acids is 1. The van der Waals surface area contributed by atoms with Crippen molar-refractivity contribution in [2.75, 3.05) is 47.5 Å². The zero-order chi connectivity index (χ0) is 57.6. The summed E-state index contributed by atoms with van der Waals surface area (Å²) in [5, 5.41) is 11.8. The summed E-state index contributed by atoms with van der Waals surface area (Å²) in [5.74, 6) is -2.29. The van der Waals surface area contributed by atoms with Crippen LogP contribution in [0.25, 0.3) is 0 Å². The molecular weight excluding hydrogens is 983 g/mol. The quantitative estimate of drug-likeness (QED) is 0.0195. The first kappa shape index (κ1) is 75.2. The summed E-state index contributed by atoms with van der Waals surface area (Å²) in [6.07, 6.45) is 78.9. The number of unbranched alkanes of at least 4 members (excludes halogenated alkanes) is 28. The van der Waals surface area contributed by atoms with Crippen molar-refractivity contribution < 1.29 is 42.9 Å². The monoisotopic (exact) mass is 1100 g/mol. The first-order chi connectivity index (χ1) is 38.6. The molecule has 0 heterocycles. The van der Waals surface area contributed by atoms with Gasteiger partial charge in [-0.3, -0.25) is 9.59 Å². The van der Waals surface area contributed by atoms with Crippen molar-refractivity contribution in [3.8, 4) is 0 Å². The van der Waals surface area contributed by atoms with Crippen LogP contribution in [0.4, 0.5) is 0 Å². The Morgan fingerprint density at radius 2 is 0.722 bits per heavy atom. The topological polar surface area (TPSA) is 111 Å². The molecule has 0 N–H and O–H groups in total. The molecule has 2 unspecified atom stereocenters. The summed E-state index contributed by atoms with van der Waals surface area (Å²) in [6.45, 7) is 4.63. The third-order valence-electron chi connectivity index (χ3n) is 13.8. The van der Waals surface area contributed by atoms with Crippen LogP contribution in [0.3, 0.4) is 0 Å². The number of nitrogens with zero attached hydrogens (tertiary/aromatic N) is 1. The van der Waals surface area contributed by atoms with Gasteiger partial charge in [0, 0.05) is 12.8 Å². The predicted molar refractivity (Wildman–Crippen MR) is 334 cm³/mol. The minimum absolute atomic E-state index is 0.143. The highest BCUT2D eigenvalue weighted by Gasteiger charge is 2.22. The van der Waals surface area contributed by atoms with Crippen LogP contribution in [0, 0.1) is 0 Å². The molecule has 0 aliphatic rings. The summed E-state index contributed by atoms with van der Waals surface area (Å²) < 4.78 is 22.8. The second kappa shape index (κ2) is 60.3. The fourth-order valence-corrected chi connectivity index (χ4v) is 8.87. The number of ether oxygens (including phenoxy) is 4. The van der Waals surface area contributed by atoms with E-state index in [0.29, 0.717) is 17.4 Å². The number of carboxylic acids is 1. The Morgan fingerprint density at radius 3 is 1.08 bits per heavy atom. The fraction of sp³-hybridized carbons (Fsp3) is 0.729. The molecule has 0 radical (unpaired) electrons. The number of allylic oxidation sites excluding steroid dienone is 16. The van der Waals surface area contributed by atoms with E-state index in [1.165, 1.54) is 154 Å². The molecule has 0 aromatic carbocycles. The van der Waals surface area contributed by atoms with Gasteiger partial charge in [0.2, 0.25) is 0 Å². The molecule has 9 nitrogen and oxygen atoms in total. The lowest BCUT2D eigenvalue weighted by Crippen LogP contribution is -2.44. The van der Waals surface area contributed by atoms with Crippen LogP contribution < -0.4 is 5.11 Å². The molecule has 2 atom stereocenters. The number of carbonyl (C=O) groups excluding carboxylic acids is 3. The molecule has 0 saturated carbocycles. The van der Waals surface area contributed by atoms with Gasteiger partial charge in [0.15, 0.2) is 12.4 Å². The highest BCUT2D eigenvalue weighted by Crippen LogP contribution is 2.16. The summed E-state index contributed by atoms with van der Waals surface area (Å²) in [4.78, 5) is 37.4. The van der Waals surface area contributed by atoms with E-state index in [1.54, 1.807) is 0 Å². The predicted octanol–water partition coefficient (Wildman–Crippen LogP) is 18.4. The molecule has 0 aromatic rings. The standard InChI is InChI=1S/C70H121NO8/c1-6-8-10-12-14-16-18-20-22-24-26-28-30-32-33-34-35-37-39-41-43-45-47-49-51-53-55-57-59-61-68(73)79-66(65-78-70(69(74)75)76-63-62-71(3,4)5)64-77-67(72)60-58-56-54-52-50-48-46-44-42-40-38-36-31-29-27-25-23-21-19-17-15-13-11-9-7-2/h8,10,14,16,19-22,25-28,31-33,36,66,70H,6-7,9,11-13,15,17-18,23-24,29-30,34-35,37-65H2,1-5H3/b10-8-,16-14-,21-19-,22-20-,27-25-,28-26-,33-32-,36-31-. The van der Waals surface area contributed by atoms with Crippen molar-refractivity contribution >= 4 is 17.9 Å². The summed E-state index contributed by atoms with van der Waals surface area (Å²) in [5.41, 5.74) is 0. The first-order valence-electron chi connectivity index (χ1n) is 32.4. The number of carbonyl (C=O) groups is 3. The van der Waals surface area contributed by atoms with E-state index in [9.17, 15) is 19.5 Å². The highest BCUT2D eigenvalue weighted by atomic mass is 16.7. The maximum atomic E-state index is 12.9. The van der Waals surface area contributed by atoms with Gasteiger partial charge in [-0.15, -0.1) is 0 Å². The van der Waals surface area contributed by atoms with Gasteiger partial charge >= 0.3 is 11.9 Å². The number of hydrogen-bond acceptors (Lipinski definition) is 8. The van der Waals surface area contributed by atoms with Crippen LogP contribution >= 0.6 is 0 Å². The van der Waals surface area contributed by atoms with Crippen LogP contribution in [-0.2, 0) is 33.3 Å². The van der Waals surface area contributed by atoms with Crippen molar-refractivity contribution in [2.24, 2.45) is 0 Å². The van der Waals surface area contributed by atoms with Crippen molar-refractivity contribution in [3.63, 3.8) is 0 Å². The molecule has 0 aliphatic heterocycles. The van der Waals surface area contributed by atoms with Gasteiger partial charge in [0.25, 0.3) is 0 Å². The van der Waals surface area contributed by atoms with E-state index in [2.05, 4.69) is 111 Å². The molecule has 0 spiro atoms. The normalized spacial score (nSPS) is 13.4. The van der Waals surface area contributed by atoms with Gasteiger partial charge in [0.05, 0.1) is 40.3 Å². The van der Waals surface area contributed by atoms with Gasteiger partial charge in [-0.1, -0.05) is 259 Å². The van der Waals surface area contributed by atoms with Crippen molar-refractivity contribution in [1.82, 2.24) is 0 Å². The smallest absolute Gasteiger partial charge is 0.306 e. The molecule has 0 fully saturated rings. The minimum atomic E-state index is -1.63. The van der Waals surface area contributed by atoms with Gasteiger partial charge in [0.1, 0.15) is 13.2 Å². The zero-order valence-corrected chi connectivity index (χ0v) is 51.7. The van der Waals surface area contributed by atoms with Crippen molar-refractivity contribution in [2.45, 2.75) is 283 Å². The van der Waals surface area contributed by atoms with Gasteiger partial charge in [-0.2, -0.15) is 0 Å². The number of likely N-dealkylation sites (N-methyl/N-ethyl adjacent to an activating group) is 1. The summed E-state index contributed by atoms with van der Waals surface area (Å²) in [7, 11) is 5.92. The Morgan fingerprint density at radius 1 is 0.392 bits per heavy atom. The molecular formula is C70H121NO8. The van der Waals surface area contributed by atoms with Gasteiger partial charge in [-0.25, -0.2) is 0 Å². The third-order valence-corrected chi connectivity index (χ3v) is 13.8. The largest absolute Gasteiger partial charge is 0.545 e. The average molecular weight is 1100 g/mol. The fourth-order valence-electron chi connectivity index (χ4n) is 8.87. The summed E-state index contributed by atoms with van der Waals surface area (Å²) >= 11 is 0. The lowest BCUT2D eigenvalue weighted by molar-refractivity contribution is -0.870. The zero-order valence-electron chi connectivity index (χ0n) is 51.7. The molecule has 0 aliphatic carbocycles. The van der Waals surface area contributed by atoms with E-state index in [0.717, 1.165) is 83.5 Å². The first-order valence-corrected chi connectivity index (χ1v) is 32.4. The van der Waals surface area contributed by atoms with Crippen LogP contribution in [0.15, 0.2) is 97.2 Å². The van der Waals surface area contributed by atoms with Crippen molar-refractivity contribution in [1.29, 1.82) is 0 Å². The number of quaternary nitrogens is 1.